The normalized spacial score (nSPS) is 28.8. The highest BCUT2D eigenvalue weighted by atomic mass is 16.5. The van der Waals surface area contributed by atoms with Crippen LogP contribution in [-0.4, -0.2) is 47.7 Å². The summed E-state index contributed by atoms with van der Waals surface area (Å²) in [5.74, 6) is 1.11. The molecule has 1 spiro atoms. The minimum absolute atomic E-state index is 0.133. The Labute approximate surface area is 125 Å². The molecule has 21 heavy (non-hydrogen) atoms. The molecule has 1 saturated carbocycles. The predicted octanol–water partition coefficient (Wildman–Crippen LogP) is 1.88. The second-order valence-electron chi connectivity index (χ2n) is 5.92. The number of hydrogen-bond donors (Lipinski definition) is 0. The van der Waals surface area contributed by atoms with Crippen molar-refractivity contribution in [1.82, 2.24) is 9.88 Å². The Hall–Kier alpha value is -1.62. The van der Waals surface area contributed by atoms with Crippen LogP contribution >= 0.6 is 0 Å². The van der Waals surface area contributed by atoms with Crippen LogP contribution in [0.5, 0.6) is 5.88 Å². The van der Waals surface area contributed by atoms with Crippen LogP contribution in [-0.2, 0) is 9.53 Å². The van der Waals surface area contributed by atoms with Crippen LogP contribution < -0.4 is 4.74 Å². The van der Waals surface area contributed by atoms with E-state index in [1.54, 1.807) is 13.1 Å². The fourth-order valence-corrected chi connectivity index (χ4v) is 3.44. The van der Waals surface area contributed by atoms with Crippen molar-refractivity contribution in [2.45, 2.75) is 31.8 Å². The first-order valence-corrected chi connectivity index (χ1v) is 7.63. The molecular weight excluding hydrogens is 268 g/mol. The SMILES string of the molecule is CC(=O)N1CCO[C@]2(CCC[C@@H]2COc2ccccn2)C1. The van der Waals surface area contributed by atoms with Gasteiger partial charge in [0, 0.05) is 31.6 Å². The average Bonchev–Trinajstić information content (AvgIpc) is 2.88. The summed E-state index contributed by atoms with van der Waals surface area (Å²) in [6, 6.07) is 5.66. The van der Waals surface area contributed by atoms with E-state index in [0.717, 1.165) is 19.3 Å². The Balaban J connectivity index is 1.65. The first-order chi connectivity index (χ1) is 10.2. The lowest BCUT2D eigenvalue weighted by molar-refractivity contribution is -0.158. The van der Waals surface area contributed by atoms with E-state index in [2.05, 4.69) is 4.98 Å². The second-order valence-corrected chi connectivity index (χ2v) is 5.92. The summed E-state index contributed by atoms with van der Waals surface area (Å²) in [6.07, 6.45) is 4.95. The van der Waals surface area contributed by atoms with Crippen molar-refractivity contribution in [3.8, 4) is 5.88 Å². The summed E-state index contributed by atoms with van der Waals surface area (Å²) in [4.78, 5) is 17.7. The fraction of sp³-hybridized carbons (Fsp3) is 0.625. The van der Waals surface area contributed by atoms with Crippen molar-refractivity contribution in [2.75, 3.05) is 26.3 Å². The number of pyridine rings is 1. The molecule has 1 aliphatic heterocycles. The van der Waals surface area contributed by atoms with Crippen molar-refractivity contribution < 1.29 is 14.3 Å². The molecule has 3 rings (SSSR count). The highest BCUT2D eigenvalue weighted by Crippen LogP contribution is 2.41. The number of aromatic nitrogens is 1. The number of ether oxygens (including phenoxy) is 2. The number of rotatable bonds is 3. The number of nitrogens with zero attached hydrogens (tertiary/aromatic N) is 2. The van der Waals surface area contributed by atoms with Crippen LogP contribution in [0.15, 0.2) is 24.4 Å². The molecule has 2 fully saturated rings. The van der Waals surface area contributed by atoms with Gasteiger partial charge in [0.15, 0.2) is 0 Å². The molecule has 2 aliphatic rings. The van der Waals surface area contributed by atoms with E-state index in [1.807, 2.05) is 23.1 Å². The van der Waals surface area contributed by atoms with E-state index < -0.39 is 0 Å². The zero-order valence-electron chi connectivity index (χ0n) is 12.5. The fourth-order valence-electron chi connectivity index (χ4n) is 3.44. The maximum absolute atomic E-state index is 11.7. The number of amides is 1. The van der Waals surface area contributed by atoms with Crippen LogP contribution in [0.25, 0.3) is 0 Å². The molecule has 0 bridgehead atoms. The Bertz CT molecular complexity index is 494. The number of carbonyl (C=O) groups is 1. The van der Waals surface area contributed by atoms with Crippen LogP contribution in [0.3, 0.4) is 0 Å². The first kappa shape index (κ1) is 14.3. The van der Waals surface area contributed by atoms with E-state index in [0.29, 0.717) is 38.1 Å². The van der Waals surface area contributed by atoms with Gasteiger partial charge in [-0.1, -0.05) is 6.07 Å². The molecule has 2 atom stereocenters. The minimum atomic E-state index is -0.224. The lowest BCUT2D eigenvalue weighted by Crippen LogP contribution is -2.56. The molecule has 1 aromatic heterocycles. The Morgan fingerprint density at radius 1 is 1.57 bits per heavy atom. The van der Waals surface area contributed by atoms with Crippen molar-refractivity contribution in [3.05, 3.63) is 24.4 Å². The summed E-state index contributed by atoms with van der Waals surface area (Å²) < 4.78 is 11.9. The zero-order valence-corrected chi connectivity index (χ0v) is 12.5. The number of morpholine rings is 1. The Kier molecular flexibility index (Phi) is 4.10. The topological polar surface area (TPSA) is 51.7 Å². The van der Waals surface area contributed by atoms with E-state index in [-0.39, 0.29) is 11.5 Å². The van der Waals surface area contributed by atoms with Crippen LogP contribution in [0.1, 0.15) is 26.2 Å². The second kappa shape index (κ2) is 6.02. The smallest absolute Gasteiger partial charge is 0.219 e. The van der Waals surface area contributed by atoms with Gasteiger partial charge >= 0.3 is 0 Å². The quantitative estimate of drug-likeness (QED) is 0.853. The molecule has 0 unspecified atom stereocenters. The monoisotopic (exact) mass is 290 g/mol. The van der Waals surface area contributed by atoms with Gasteiger partial charge in [-0.15, -0.1) is 0 Å². The molecule has 1 aromatic rings. The summed E-state index contributed by atoms with van der Waals surface area (Å²) in [7, 11) is 0. The largest absolute Gasteiger partial charge is 0.477 e. The van der Waals surface area contributed by atoms with Crippen LogP contribution in [0.2, 0.25) is 0 Å². The molecular formula is C16H22N2O3. The molecule has 5 nitrogen and oxygen atoms in total. The summed E-state index contributed by atoms with van der Waals surface area (Å²) in [6.45, 7) is 4.25. The van der Waals surface area contributed by atoms with Crippen molar-refractivity contribution in [2.24, 2.45) is 5.92 Å². The van der Waals surface area contributed by atoms with Crippen molar-refractivity contribution in [1.29, 1.82) is 0 Å². The highest BCUT2D eigenvalue weighted by molar-refractivity contribution is 5.73. The third-order valence-corrected chi connectivity index (χ3v) is 4.62. The zero-order chi connectivity index (χ0) is 14.7. The lowest BCUT2D eigenvalue weighted by atomic mass is 9.89. The van der Waals surface area contributed by atoms with Crippen molar-refractivity contribution >= 4 is 5.91 Å². The van der Waals surface area contributed by atoms with Gasteiger partial charge in [0.05, 0.1) is 25.4 Å². The molecule has 0 N–H and O–H groups in total. The number of carbonyl (C=O) groups excluding carboxylic acids is 1. The van der Waals surface area contributed by atoms with Gasteiger partial charge in [0.1, 0.15) is 0 Å². The summed E-state index contributed by atoms with van der Waals surface area (Å²) >= 11 is 0. The number of hydrogen-bond acceptors (Lipinski definition) is 4. The molecule has 1 saturated heterocycles. The Morgan fingerprint density at radius 3 is 3.24 bits per heavy atom. The molecule has 0 aromatic carbocycles. The molecule has 0 radical (unpaired) electrons. The van der Waals surface area contributed by atoms with E-state index in [1.165, 1.54) is 0 Å². The Morgan fingerprint density at radius 2 is 2.48 bits per heavy atom. The van der Waals surface area contributed by atoms with Crippen LogP contribution in [0.4, 0.5) is 0 Å². The molecule has 5 heteroatoms. The van der Waals surface area contributed by atoms with E-state index in [4.69, 9.17) is 9.47 Å². The first-order valence-electron chi connectivity index (χ1n) is 7.63. The van der Waals surface area contributed by atoms with E-state index >= 15 is 0 Å². The summed E-state index contributed by atoms with van der Waals surface area (Å²) in [5, 5.41) is 0. The third-order valence-electron chi connectivity index (χ3n) is 4.62. The van der Waals surface area contributed by atoms with Gasteiger partial charge < -0.3 is 14.4 Å². The maximum Gasteiger partial charge on any atom is 0.219 e. The maximum atomic E-state index is 11.7. The minimum Gasteiger partial charge on any atom is -0.477 e. The molecule has 1 aliphatic carbocycles. The summed E-state index contributed by atoms with van der Waals surface area (Å²) in [5.41, 5.74) is -0.224. The van der Waals surface area contributed by atoms with Crippen molar-refractivity contribution in [3.63, 3.8) is 0 Å². The van der Waals surface area contributed by atoms with Gasteiger partial charge in [0.25, 0.3) is 0 Å². The predicted molar refractivity (Wildman–Crippen MR) is 78.0 cm³/mol. The average molecular weight is 290 g/mol. The van der Waals surface area contributed by atoms with Gasteiger partial charge in [-0.25, -0.2) is 4.98 Å². The van der Waals surface area contributed by atoms with Gasteiger partial charge in [-0.3, -0.25) is 4.79 Å². The van der Waals surface area contributed by atoms with E-state index in [9.17, 15) is 4.79 Å². The lowest BCUT2D eigenvalue weighted by Gasteiger charge is -2.43. The van der Waals surface area contributed by atoms with Crippen LogP contribution in [0, 0.1) is 5.92 Å². The van der Waals surface area contributed by atoms with Gasteiger partial charge in [-0.05, 0) is 25.3 Å². The standard InChI is InChI=1S/C16H22N2O3/c1-13(19)18-9-10-21-16(12-18)7-4-5-14(16)11-20-15-6-2-3-8-17-15/h2-3,6,8,14H,4-5,7,9-12H2,1H3/t14-,16-/m1/s1. The molecule has 2 heterocycles. The highest BCUT2D eigenvalue weighted by Gasteiger charge is 2.47. The van der Waals surface area contributed by atoms with Gasteiger partial charge in [-0.2, -0.15) is 0 Å². The molecule has 1 amide bonds. The third kappa shape index (κ3) is 3.02. The van der Waals surface area contributed by atoms with Gasteiger partial charge in [0.2, 0.25) is 11.8 Å². The molecule has 114 valence electrons.